The molecule has 0 aliphatic rings. The van der Waals surface area contributed by atoms with Gasteiger partial charge in [0.1, 0.15) is 0 Å². The number of nitrogens with two attached hydrogens (primary N) is 1. The lowest BCUT2D eigenvalue weighted by atomic mass is 10.2. The van der Waals surface area contributed by atoms with E-state index in [0.717, 1.165) is 13.0 Å². The third-order valence-electron chi connectivity index (χ3n) is 1.76. The van der Waals surface area contributed by atoms with Crippen LogP contribution in [0.1, 0.15) is 22.2 Å². The van der Waals surface area contributed by atoms with Crippen molar-refractivity contribution < 1.29 is 4.74 Å². The molecule has 1 aromatic rings. The highest BCUT2D eigenvalue weighted by atomic mass is 32.1. The molecule has 0 saturated heterocycles. The molecule has 1 aromatic heterocycles. The van der Waals surface area contributed by atoms with Crippen LogP contribution < -0.4 is 5.73 Å². The molecule has 1 unspecified atom stereocenters. The van der Waals surface area contributed by atoms with Crippen LogP contribution in [0.15, 0.2) is 12.1 Å². The van der Waals surface area contributed by atoms with Gasteiger partial charge in [-0.2, -0.15) is 0 Å². The Morgan fingerprint density at radius 2 is 2.33 bits per heavy atom. The Labute approximate surface area is 77.3 Å². The van der Waals surface area contributed by atoms with Crippen LogP contribution in [0.2, 0.25) is 0 Å². The van der Waals surface area contributed by atoms with Gasteiger partial charge >= 0.3 is 0 Å². The zero-order valence-corrected chi connectivity index (χ0v) is 8.36. The maximum absolute atomic E-state index is 5.92. The smallest absolute Gasteiger partial charge is 0.0480 e. The second kappa shape index (κ2) is 4.60. The van der Waals surface area contributed by atoms with E-state index >= 15 is 0 Å². The molecule has 1 heterocycles. The third kappa shape index (κ3) is 2.59. The van der Waals surface area contributed by atoms with Gasteiger partial charge in [-0.15, -0.1) is 11.3 Å². The van der Waals surface area contributed by atoms with Crippen LogP contribution in [0, 0.1) is 6.92 Å². The first kappa shape index (κ1) is 9.71. The second-order valence-electron chi connectivity index (χ2n) is 2.84. The Morgan fingerprint density at radius 3 is 2.83 bits per heavy atom. The summed E-state index contributed by atoms with van der Waals surface area (Å²) in [6, 6.07) is 4.34. The second-order valence-corrected chi connectivity index (χ2v) is 4.16. The zero-order chi connectivity index (χ0) is 8.97. The van der Waals surface area contributed by atoms with E-state index in [1.807, 2.05) is 0 Å². The van der Waals surface area contributed by atoms with E-state index in [-0.39, 0.29) is 6.04 Å². The van der Waals surface area contributed by atoms with E-state index in [2.05, 4.69) is 19.1 Å². The first-order valence-corrected chi connectivity index (χ1v) is 4.86. The molecule has 0 aromatic carbocycles. The van der Waals surface area contributed by atoms with E-state index in [0.29, 0.717) is 0 Å². The normalized spacial score (nSPS) is 13.2. The van der Waals surface area contributed by atoms with Gasteiger partial charge in [0.15, 0.2) is 0 Å². The van der Waals surface area contributed by atoms with Crippen LogP contribution >= 0.6 is 11.3 Å². The summed E-state index contributed by atoms with van der Waals surface area (Å²) in [7, 11) is 1.70. The number of hydrogen-bond acceptors (Lipinski definition) is 3. The summed E-state index contributed by atoms with van der Waals surface area (Å²) in [5.41, 5.74) is 5.92. The minimum atomic E-state index is 0.142. The molecule has 0 amide bonds. The quantitative estimate of drug-likeness (QED) is 0.779. The molecule has 0 aliphatic carbocycles. The molecule has 0 bridgehead atoms. The van der Waals surface area contributed by atoms with E-state index in [1.165, 1.54) is 9.75 Å². The Balaban J connectivity index is 2.47. The van der Waals surface area contributed by atoms with E-state index < -0.39 is 0 Å². The van der Waals surface area contributed by atoms with Crippen LogP contribution in [0.5, 0.6) is 0 Å². The fraction of sp³-hybridized carbons (Fsp3) is 0.556. The Kier molecular flexibility index (Phi) is 3.72. The van der Waals surface area contributed by atoms with Gasteiger partial charge in [0, 0.05) is 29.5 Å². The number of rotatable bonds is 4. The predicted octanol–water partition coefficient (Wildman–Crippen LogP) is 2.09. The molecule has 2 N–H and O–H groups in total. The van der Waals surface area contributed by atoms with Crippen molar-refractivity contribution >= 4 is 11.3 Å². The van der Waals surface area contributed by atoms with E-state index in [1.54, 1.807) is 18.4 Å². The van der Waals surface area contributed by atoms with Crippen molar-refractivity contribution in [2.45, 2.75) is 19.4 Å². The highest BCUT2D eigenvalue weighted by molar-refractivity contribution is 7.12. The lowest BCUT2D eigenvalue weighted by molar-refractivity contribution is 0.188. The Hall–Kier alpha value is -0.380. The average Bonchev–Trinajstić information content (AvgIpc) is 2.47. The van der Waals surface area contributed by atoms with Gasteiger partial charge in [0.2, 0.25) is 0 Å². The van der Waals surface area contributed by atoms with E-state index in [4.69, 9.17) is 10.5 Å². The van der Waals surface area contributed by atoms with Gasteiger partial charge in [-0.1, -0.05) is 0 Å². The Bertz CT molecular complexity index is 234. The van der Waals surface area contributed by atoms with Crippen molar-refractivity contribution in [3.8, 4) is 0 Å². The Morgan fingerprint density at radius 1 is 1.58 bits per heavy atom. The first-order chi connectivity index (χ1) is 5.74. The fourth-order valence-corrected chi connectivity index (χ4v) is 1.95. The summed E-state index contributed by atoms with van der Waals surface area (Å²) < 4.78 is 4.97. The summed E-state index contributed by atoms with van der Waals surface area (Å²) in [6.07, 6.45) is 0.899. The van der Waals surface area contributed by atoms with Crippen molar-refractivity contribution in [1.29, 1.82) is 0 Å². The summed E-state index contributed by atoms with van der Waals surface area (Å²) >= 11 is 1.77. The van der Waals surface area contributed by atoms with Gasteiger partial charge in [-0.05, 0) is 25.5 Å². The van der Waals surface area contributed by atoms with Crippen molar-refractivity contribution in [2.24, 2.45) is 5.73 Å². The van der Waals surface area contributed by atoms with E-state index in [9.17, 15) is 0 Å². The summed E-state index contributed by atoms with van der Waals surface area (Å²) in [4.78, 5) is 2.57. The van der Waals surface area contributed by atoms with Crippen LogP contribution in [0.25, 0.3) is 0 Å². The molecule has 12 heavy (non-hydrogen) atoms. The number of methoxy groups -OCH3 is 1. The first-order valence-electron chi connectivity index (χ1n) is 4.05. The summed E-state index contributed by atoms with van der Waals surface area (Å²) in [5, 5.41) is 0. The molecular formula is C9H15NOS. The lowest BCUT2D eigenvalue weighted by Gasteiger charge is -2.07. The van der Waals surface area contributed by atoms with Crippen LogP contribution in [-0.2, 0) is 4.74 Å². The fourth-order valence-electron chi connectivity index (χ4n) is 1.04. The maximum Gasteiger partial charge on any atom is 0.0480 e. The van der Waals surface area contributed by atoms with Crippen molar-refractivity contribution in [3.05, 3.63) is 21.9 Å². The highest BCUT2D eigenvalue weighted by Gasteiger charge is 2.06. The third-order valence-corrected chi connectivity index (χ3v) is 2.89. The van der Waals surface area contributed by atoms with Gasteiger partial charge in [0.25, 0.3) is 0 Å². The monoisotopic (exact) mass is 185 g/mol. The SMILES string of the molecule is COCCC(N)c1ccc(C)s1. The van der Waals surface area contributed by atoms with Crippen LogP contribution in [0.4, 0.5) is 0 Å². The van der Waals surface area contributed by atoms with Crippen LogP contribution in [-0.4, -0.2) is 13.7 Å². The van der Waals surface area contributed by atoms with Crippen molar-refractivity contribution in [2.75, 3.05) is 13.7 Å². The van der Waals surface area contributed by atoms with Gasteiger partial charge < -0.3 is 10.5 Å². The predicted molar refractivity (Wildman–Crippen MR) is 52.5 cm³/mol. The topological polar surface area (TPSA) is 35.2 Å². The minimum Gasteiger partial charge on any atom is -0.385 e. The molecule has 2 nitrogen and oxygen atoms in total. The number of thiophene rings is 1. The maximum atomic E-state index is 5.92. The standard InChI is InChI=1S/C9H15NOS/c1-7-3-4-9(12-7)8(10)5-6-11-2/h3-4,8H,5-6,10H2,1-2H3. The van der Waals surface area contributed by atoms with Gasteiger partial charge in [0.05, 0.1) is 0 Å². The molecule has 1 atom stereocenters. The minimum absolute atomic E-state index is 0.142. The van der Waals surface area contributed by atoms with Gasteiger partial charge in [-0.3, -0.25) is 0 Å². The molecule has 0 aliphatic heterocycles. The largest absolute Gasteiger partial charge is 0.385 e. The van der Waals surface area contributed by atoms with Gasteiger partial charge in [-0.25, -0.2) is 0 Å². The lowest BCUT2D eigenvalue weighted by Crippen LogP contribution is -2.10. The average molecular weight is 185 g/mol. The number of ether oxygens (including phenoxy) is 1. The summed E-state index contributed by atoms with van der Waals surface area (Å²) in [6.45, 7) is 2.83. The zero-order valence-electron chi connectivity index (χ0n) is 7.54. The molecule has 68 valence electrons. The molecular weight excluding hydrogens is 170 g/mol. The van der Waals surface area contributed by atoms with Crippen molar-refractivity contribution in [3.63, 3.8) is 0 Å². The number of hydrogen-bond donors (Lipinski definition) is 1. The summed E-state index contributed by atoms with van der Waals surface area (Å²) in [5.74, 6) is 0. The molecule has 0 saturated carbocycles. The highest BCUT2D eigenvalue weighted by Crippen LogP contribution is 2.22. The molecule has 3 heteroatoms. The van der Waals surface area contributed by atoms with Crippen LogP contribution in [0.3, 0.4) is 0 Å². The molecule has 0 fully saturated rings. The molecule has 0 radical (unpaired) electrons. The number of aryl methyl sites for hydroxylation is 1. The molecule has 1 rings (SSSR count). The molecule has 0 spiro atoms. The van der Waals surface area contributed by atoms with Crippen molar-refractivity contribution in [1.82, 2.24) is 0 Å².